The van der Waals surface area contributed by atoms with Gasteiger partial charge in [-0.25, -0.2) is 4.98 Å². The number of halogens is 1. The highest BCUT2D eigenvalue weighted by Crippen LogP contribution is 2.27. The van der Waals surface area contributed by atoms with Gasteiger partial charge < -0.3 is 5.11 Å². The molecule has 0 aliphatic heterocycles. The van der Waals surface area contributed by atoms with Crippen molar-refractivity contribution in [2.24, 2.45) is 5.41 Å². The lowest BCUT2D eigenvalue weighted by molar-refractivity contribution is 0.0332. The van der Waals surface area contributed by atoms with E-state index >= 15 is 0 Å². The van der Waals surface area contributed by atoms with Crippen LogP contribution in [0.1, 0.15) is 19.4 Å². The van der Waals surface area contributed by atoms with Gasteiger partial charge in [0.15, 0.2) is 0 Å². The highest BCUT2D eigenvalue weighted by molar-refractivity contribution is 6.30. The number of hydrogen-bond donors (Lipinski definition) is 1. The normalized spacial score (nSPS) is 13.5. The Bertz CT molecular complexity index is 508. The highest BCUT2D eigenvalue weighted by atomic mass is 35.5. The van der Waals surface area contributed by atoms with Gasteiger partial charge in [-0.15, -0.1) is 0 Å². The number of nitrogens with zero attached hydrogens (tertiary/aromatic N) is 3. The molecule has 0 aliphatic carbocycles. The minimum atomic E-state index is -0.495. The summed E-state index contributed by atoms with van der Waals surface area (Å²) in [5.74, 6) is 0. The van der Waals surface area contributed by atoms with Gasteiger partial charge >= 0.3 is 0 Å². The number of aromatic nitrogens is 3. The molecule has 0 bridgehead atoms. The van der Waals surface area contributed by atoms with Crippen molar-refractivity contribution in [3.63, 3.8) is 0 Å². The highest BCUT2D eigenvalue weighted by Gasteiger charge is 2.28. The third-order valence-electron chi connectivity index (χ3n) is 3.30. The van der Waals surface area contributed by atoms with Gasteiger partial charge in [0.1, 0.15) is 12.7 Å². The Kier molecular flexibility index (Phi) is 4.22. The second kappa shape index (κ2) is 5.72. The van der Waals surface area contributed by atoms with E-state index in [-0.39, 0.29) is 5.41 Å². The third kappa shape index (κ3) is 3.78. The van der Waals surface area contributed by atoms with Gasteiger partial charge in [0.05, 0.1) is 12.6 Å². The van der Waals surface area contributed by atoms with Gasteiger partial charge in [-0.05, 0) is 29.5 Å². The molecule has 1 aromatic carbocycles. The van der Waals surface area contributed by atoms with Gasteiger partial charge in [-0.3, -0.25) is 4.68 Å². The van der Waals surface area contributed by atoms with Crippen molar-refractivity contribution in [2.45, 2.75) is 32.9 Å². The zero-order valence-electron chi connectivity index (χ0n) is 11.1. The SMILES string of the molecule is CC(C)(Cc1ccc(Cl)cc1)C(O)Cn1cncn1. The van der Waals surface area contributed by atoms with E-state index in [1.165, 1.54) is 6.33 Å². The first-order chi connectivity index (χ1) is 8.97. The molecule has 4 nitrogen and oxygen atoms in total. The summed E-state index contributed by atoms with van der Waals surface area (Å²) in [7, 11) is 0. The van der Waals surface area contributed by atoms with Gasteiger partial charge in [0, 0.05) is 5.02 Å². The number of benzene rings is 1. The fourth-order valence-corrected chi connectivity index (χ4v) is 2.12. The van der Waals surface area contributed by atoms with Crippen molar-refractivity contribution < 1.29 is 5.11 Å². The largest absolute Gasteiger partial charge is 0.391 e. The van der Waals surface area contributed by atoms with Crippen molar-refractivity contribution in [2.75, 3.05) is 0 Å². The Balaban J connectivity index is 2.02. The lowest BCUT2D eigenvalue weighted by atomic mass is 9.80. The summed E-state index contributed by atoms with van der Waals surface area (Å²) in [5, 5.41) is 15.1. The van der Waals surface area contributed by atoms with Crippen molar-refractivity contribution in [1.82, 2.24) is 14.8 Å². The maximum absolute atomic E-state index is 10.3. The molecule has 0 spiro atoms. The number of hydrogen-bond acceptors (Lipinski definition) is 3. The molecule has 0 fully saturated rings. The summed E-state index contributed by atoms with van der Waals surface area (Å²) in [6.45, 7) is 4.53. The lowest BCUT2D eigenvalue weighted by Crippen LogP contribution is -2.35. The van der Waals surface area contributed by atoms with E-state index in [1.807, 2.05) is 38.1 Å². The molecule has 1 unspecified atom stereocenters. The van der Waals surface area contributed by atoms with E-state index in [0.29, 0.717) is 6.54 Å². The minimum Gasteiger partial charge on any atom is -0.391 e. The monoisotopic (exact) mass is 279 g/mol. The molecule has 0 amide bonds. The Morgan fingerprint density at radius 3 is 2.58 bits per heavy atom. The van der Waals surface area contributed by atoms with Crippen LogP contribution in [-0.2, 0) is 13.0 Å². The molecule has 1 atom stereocenters. The van der Waals surface area contributed by atoms with E-state index in [2.05, 4.69) is 10.1 Å². The topological polar surface area (TPSA) is 50.9 Å². The summed E-state index contributed by atoms with van der Waals surface area (Å²) in [6.07, 6.45) is 3.37. The molecule has 0 aliphatic rings. The maximum atomic E-state index is 10.3. The summed E-state index contributed by atoms with van der Waals surface area (Å²) in [5.41, 5.74) is 0.909. The zero-order chi connectivity index (χ0) is 13.9. The molecule has 0 saturated heterocycles. The Labute approximate surface area is 118 Å². The predicted octanol–water partition coefficient (Wildman–Crippen LogP) is 2.56. The number of rotatable bonds is 5. The minimum absolute atomic E-state index is 0.250. The van der Waals surface area contributed by atoms with Crippen LogP contribution < -0.4 is 0 Å². The van der Waals surface area contributed by atoms with Gasteiger partial charge in [0.2, 0.25) is 0 Å². The third-order valence-corrected chi connectivity index (χ3v) is 3.55. The fourth-order valence-electron chi connectivity index (χ4n) is 2.00. The van der Waals surface area contributed by atoms with Crippen LogP contribution in [0.3, 0.4) is 0 Å². The van der Waals surface area contributed by atoms with E-state index in [4.69, 9.17) is 11.6 Å². The molecule has 2 rings (SSSR count). The second-order valence-corrected chi connectivity index (χ2v) is 5.86. The van der Waals surface area contributed by atoms with Gasteiger partial charge in [-0.1, -0.05) is 37.6 Å². The first kappa shape index (κ1) is 14.0. The predicted molar refractivity (Wildman–Crippen MR) is 75.0 cm³/mol. The van der Waals surface area contributed by atoms with E-state index in [1.54, 1.807) is 11.0 Å². The van der Waals surface area contributed by atoms with E-state index in [9.17, 15) is 5.11 Å². The molecule has 0 saturated carbocycles. The van der Waals surface area contributed by atoms with Crippen LogP contribution in [0.25, 0.3) is 0 Å². The molecule has 0 radical (unpaired) electrons. The summed E-state index contributed by atoms with van der Waals surface area (Å²) in [6, 6.07) is 7.73. The molecule has 1 heterocycles. The molecule has 102 valence electrons. The van der Waals surface area contributed by atoms with Crippen molar-refractivity contribution in [1.29, 1.82) is 0 Å². The number of aliphatic hydroxyl groups excluding tert-OH is 1. The molecule has 5 heteroatoms. The molecule has 19 heavy (non-hydrogen) atoms. The van der Waals surface area contributed by atoms with Crippen molar-refractivity contribution in [3.8, 4) is 0 Å². The Morgan fingerprint density at radius 1 is 1.32 bits per heavy atom. The van der Waals surface area contributed by atoms with Crippen LogP contribution in [0, 0.1) is 5.41 Å². The van der Waals surface area contributed by atoms with E-state index < -0.39 is 6.10 Å². The lowest BCUT2D eigenvalue weighted by Gasteiger charge is -2.30. The standard InChI is InChI=1S/C14H18ClN3O/c1-14(2,7-11-3-5-12(15)6-4-11)13(19)8-18-10-16-9-17-18/h3-6,9-10,13,19H,7-8H2,1-2H3. The molecule has 1 N–H and O–H groups in total. The van der Waals surface area contributed by atoms with Crippen LogP contribution in [0.2, 0.25) is 5.02 Å². The zero-order valence-corrected chi connectivity index (χ0v) is 11.9. The maximum Gasteiger partial charge on any atom is 0.137 e. The van der Waals surface area contributed by atoms with Crippen LogP contribution in [0.15, 0.2) is 36.9 Å². The summed E-state index contributed by atoms with van der Waals surface area (Å²) < 4.78 is 1.65. The van der Waals surface area contributed by atoms with Crippen molar-refractivity contribution in [3.05, 3.63) is 47.5 Å². The van der Waals surface area contributed by atoms with Gasteiger partial charge in [0.25, 0.3) is 0 Å². The molecular formula is C14H18ClN3O. The van der Waals surface area contributed by atoms with Crippen LogP contribution in [0.5, 0.6) is 0 Å². The molecule has 2 aromatic rings. The number of aliphatic hydroxyl groups is 1. The quantitative estimate of drug-likeness (QED) is 0.915. The summed E-state index contributed by atoms with van der Waals surface area (Å²) >= 11 is 5.87. The second-order valence-electron chi connectivity index (χ2n) is 5.43. The van der Waals surface area contributed by atoms with Gasteiger partial charge in [-0.2, -0.15) is 5.10 Å². The van der Waals surface area contributed by atoms with E-state index in [0.717, 1.165) is 17.0 Å². The first-order valence-corrected chi connectivity index (χ1v) is 6.60. The molecule has 1 aromatic heterocycles. The Morgan fingerprint density at radius 2 is 2.00 bits per heavy atom. The first-order valence-electron chi connectivity index (χ1n) is 6.22. The van der Waals surface area contributed by atoms with Crippen LogP contribution >= 0.6 is 11.6 Å². The Hall–Kier alpha value is -1.39. The average Bonchev–Trinajstić information content (AvgIpc) is 2.84. The average molecular weight is 280 g/mol. The summed E-state index contributed by atoms with van der Waals surface area (Å²) in [4.78, 5) is 3.88. The van der Waals surface area contributed by atoms with Crippen LogP contribution in [0.4, 0.5) is 0 Å². The fraction of sp³-hybridized carbons (Fsp3) is 0.429. The smallest absolute Gasteiger partial charge is 0.137 e. The van der Waals surface area contributed by atoms with Crippen molar-refractivity contribution >= 4 is 11.6 Å². The molecular weight excluding hydrogens is 262 g/mol. The van der Waals surface area contributed by atoms with Crippen LogP contribution in [-0.4, -0.2) is 26.0 Å².